The summed E-state index contributed by atoms with van der Waals surface area (Å²) in [5.41, 5.74) is 3.30. The molecule has 2 aromatic carbocycles. The van der Waals surface area contributed by atoms with Crippen LogP contribution in [0.15, 0.2) is 54.7 Å². The van der Waals surface area contributed by atoms with Crippen molar-refractivity contribution in [2.24, 2.45) is 0 Å². The zero-order chi connectivity index (χ0) is 17.9. The molecule has 0 bridgehead atoms. The van der Waals surface area contributed by atoms with Gasteiger partial charge in [-0.25, -0.2) is 9.07 Å². The van der Waals surface area contributed by atoms with Crippen molar-refractivity contribution >= 4 is 11.6 Å². The summed E-state index contributed by atoms with van der Waals surface area (Å²) < 4.78 is 14.8. The van der Waals surface area contributed by atoms with Crippen LogP contribution in [0.4, 0.5) is 10.1 Å². The summed E-state index contributed by atoms with van der Waals surface area (Å²) in [6, 6.07) is 14.3. The summed E-state index contributed by atoms with van der Waals surface area (Å²) >= 11 is 0. The molecule has 1 aliphatic heterocycles. The third kappa shape index (κ3) is 3.56. The number of amides is 1. The minimum atomic E-state index is -0.300. The van der Waals surface area contributed by atoms with Gasteiger partial charge in [-0.1, -0.05) is 35.5 Å². The Bertz CT molecular complexity index is 939. The lowest BCUT2D eigenvalue weighted by Crippen LogP contribution is -2.43. The van der Waals surface area contributed by atoms with Crippen molar-refractivity contribution in [3.63, 3.8) is 0 Å². The Kier molecular flexibility index (Phi) is 4.35. The fourth-order valence-electron chi connectivity index (χ4n) is 3.11. The quantitative estimate of drug-likeness (QED) is 0.756. The first-order chi connectivity index (χ1) is 12.7. The standard InChI is InChI=1S/C19H18FN5O/c20-15-6-3-4-13(8-15)11-25-12-18(23-24-25)19(26)22-16-9-14-5-1-2-7-17(14)21-10-16/h1-8,12,16,21H,9-11H2,(H,22,26). The van der Waals surface area contributed by atoms with Crippen LogP contribution in [0.3, 0.4) is 0 Å². The van der Waals surface area contributed by atoms with Gasteiger partial charge in [-0.3, -0.25) is 4.79 Å². The van der Waals surface area contributed by atoms with E-state index in [2.05, 4.69) is 27.0 Å². The average Bonchev–Trinajstić information content (AvgIpc) is 3.10. The number of benzene rings is 2. The minimum absolute atomic E-state index is 0.00855. The summed E-state index contributed by atoms with van der Waals surface area (Å²) in [7, 11) is 0. The second kappa shape index (κ2) is 6.95. The van der Waals surface area contributed by atoms with Gasteiger partial charge >= 0.3 is 0 Å². The molecule has 0 saturated heterocycles. The number of carbonyl (C=O) groups excluding carboxylic acids is 1. The second-order valence-corrected chi connectivity index (χ2v) is 6.34. The normalized spacial score (nSPS) is 15.8. The van der Waals surface area contributed by atoms with Gasteiger partial charge in [-0.05, 0) is 35.7 Å². The van der Waals surface area contributed by atoms with Crippen LogP contribution in [0.25, 0.3) is 0 Å². The van der Waals surface area contributed by atoms with Crippen molar-refractivity contribution in [1.29, 1.82) is 0 Å². The summed E-state index contributed by atoms with van der Waals surface area (Å²) in [5, 5.41) is 14.2. The number of para-hydroxylation sites is 1. The maximum Gasteiger partial charge on any atom is 0.273 e. The van der Waals surface area contributed by atoms with Gasteiger partial charge in [0.15, 0.2) is 5.69 Å². The van der Waals surface area contributed by atoms with E-state index in [1.165, 1.54) is 22.4 Å². The molecule has 6 nitrogen and oxygen atoms in total. The Morgan fingerprint density at radius 1 is 1.27 bits per heavy atom. The van der Waals surface area contributed by atoms with Gasteiger partial charge in [0.25, 0.3) is 5.91 Å². The van der Waals surface area contributed by atoms with Crippen LogP contribution in [0.1, 0.15) is 21.6 Å². The molecule has 1 atom stereocenters. The van der Waals surface area contributed by atoms with E-state index in [1.807, 2.05) is 18.2 Å². The highest BCUT2D eigenvalue weighted by Crippen LogP contribution is 2.21. The van der Waals surface area contributed by atoms with Crippen molar-refractivity contribution < 1.29 is 9.18 Å². The average molecular weight is 351 g/mol. The Morgan fingerprint density at radius 2 is 2.15 bits per heavy atom. The maximum atomic E-state index is 13.3. The lowest BCUT2D eigenvalue weighted by Gasteiger charge is -2.26. The van der Waals surface area contributed by atoms with E-state index in [0.29, 0.717) is 13.1 Å². The SMILES string of the molecule is O=C(NC1CNc2ccccc2C1)c1cn(Cc2cccc(F)c2)nn1. The molecular formula is C19H18FN5O. The highest BCUT2D eigenvalue weighted by molar-refractivity contribution is 5.92. The van der Waals surface area contributed by atoms with Crippen LogP contribution in [-0.4, -0.2) is 33.5 Å². The number of nitrogens with one attached hydrogen (secondary N) is 2. The summed E-state index contributed by atoms with van der Waals surface area (Å²) in [6.07, 6.45) is 2.34. The fourth-order valence-corrected chi connectivity index (χ4v) is 3.11. The monoisotopic (exact) mass is 351 g/mol. The van der Waals surface area contributed by atoms with E-state index in [1.54, 1.807) is 18.3 Å². The molecule has 2 heterocycles. The zero-order valence-electron chi connectivity index (χ0n) is 14.0. The summed E-state index contributed by atoms with van der Waals surface area (Å²) in [4.78, 5) is 12.4. The molecule has 0 saturated carbocycles. The van der Waals surface area contributed by atoms with Crippen LogP contribution in [0.2, 0.25) is 0 Å². The van der Waals surface area contributed by atoms with Crippen molar-refractivity contribution in [2.45, 2.75) is 19.0 Å². The first kappa shape index (κ1) is 16.3. The van der Waals surface area contributed by atoms with E-state index in [-0.39, 0.29) is 23.5 Å². The largest absolute Gasteiger partial charge is 0.383 e. The molecular weight excluding hydrogens is 333 g/mol. The van der Waals surface area contributed by atoms with Gasteiger partial charge in [0.05, 0.1) is 18.8 Å². The Hall–Kier alpha value is -3.22. The molecule has 0 spiro atoms. The number of carbonyl (C=O) groups is 1. The molecule has 7 heteroatoms. The smallest absolute Gasteiger partial charge is 0.273 e. The van der Waals surface area contributed by atoms with E-state index in [9.17, 15) is 9.18 Å². The van der Waals surface area contributed by atoms with E-state index in [0.717, 1.165) is 17.7 Å². The van der Waals surface area contributed by atoms with Gasteiger partial charge < -0.3 is 10.6 Å². The topological polar surface area (TPSA) is 71.8 Å². The third-order valence-corrected chi connectivity index (χ3v) is 4.36. The highest BCUT2D eigenvalue weighted by atomic mass is 19.1. The number of hydrogen-bond donors (Lipinski definition) is 2. The molecule has 0 fully saturated rings. The number of fused-ring (bicyclic) bond motifs is 1. The number of rotatable bonds is 4. The third-order valence-electron chi connectivity index (χ3n) is 4.36. The molecule has 26 heavy (non-hydrogen) atoms. The molecule has 0 aliphatic carbocycles. The highest BCUT2D eigenvalue weighted by Gasteiger charge is 2.21. The summed E-state index contributed by atoms with van der Waals surface area (Å²) in [5.74, 6) is -0.563. The molecule has 1 amide bonds. The maximum absolute atomic E-state index is 13.3. The predicted octanol–water partition coefficient (Wildman–Crippen LogP) is 2.23. The van der Waals surface area contributed by atoms with Gasteiger partial charge in [-0.2, -0.15) is 0 Å². The molecule has 4 rings (SSSR count). The number of hydrogen-bond acceptors (Lipinski definition) is 4. The Labute approximate surface area is 150 Å². The zero-order valence-corrected chi connectivity index (χ0v) is 14.0. The number of aromatic nitrogens is 3. The van der Waals surface area contributed by atoms with E-state index < -0.39 is 0 Å². The predicted molar refractivity (Wildman–Crippen MR) is 95.4 cm³/mol. The molecule has 132 valence electrons. The first-order valence-corrected chi connectivity index (χ1v) is 8.44. The van der Waals surface area contributed by atoms with Crippen molar-refractivity contribution in [2.75, 3.05) is 11.9 Å². The van der Waals surface area contributed by atoms with Crippen molar-refractivity contribution in [3.05, 3.63) is 77.4 Å². The molecule has 1 unspecified atom stereocenters. The molecule has 3 aromatic rings. The second-order valence-electron chi connectivity index (χ2n) is 6.34. The van der Waals surface area contributed by atoms with Crippen LogP contribution >= 0.6 is 0 Å². The van der Waals surface area contributed by atoms with Gasteiger partial charge in [0.2, 0.25) is 0 Å². The summed E-state index contributed by atoms with van der Waals surface area (Å²) in [6.45, 7) is 1.02. The Morgan fingerprint density at radius 3 is 3.04 bits per heavy atom. The van der Waals surface area contributed by atoms with Crippen molar-refractivity contribution in [3.8, 4) is 0 Å². The molecule has 2 N–H and O–H groups in total. The van der Waals surface area contributed by atoms with E-state index >= 15 is 0 Å². The Balaban J connectivity index is 1.39. The van der Waals surface area contributed by atoms with Crippen LogP contribution < -0.4 is 10.6 Å². The van der Waals surface area contributed by atoms with Crippen molar-refractivity contribution in [1.82, 2.24) is 20.3 Å². The molecule has 0 radical (unpaired) electrons. The van der Waals surface area contributed by atoms with E-state index in [4.69, 9.17) is 0 Å². The van der Waals surface area contributed by atoms with Gasteiger partial charge in [0, 0.05) is 12.2 Å². The number of anilines is 1. The molecule has 1 aliphatic rings. The van der Waals surface area contributed by atoms with Crippen LogP contribution in [0, 0.1) is 5.82 Å². The molecule has 1 aromatic heterocycles. The minimum Gasteiger partial charge on any atom is -0.383 e. The number of nitrogens with zero attached hydrogens (tertiary/aromatic N) is 3. The van der Waals surface area contributed by atoms with Gasteiger partial charge in [0.1, 0.15) is 5.82 Å². The fraction of sp³-hybridized carbons (Fsp3) is 0.211. The lowest BCUT2D eigenvalue weighted by molar-refractivity contribution is 0.0933. The first-order valence-electron chi connectivity index (χ1n) is 8.44. The lowest BCUT2D eigenvalue weighted by atomic mass is 10.00. The van der Waals surface area contributed by atoms with Gasteiger partial charge in [-0.15, -0.1) is 5.10 Å². The van der Waals surface area contributed by atoms with Crippen LogP contribution in [-0.2, 0) is 13.0 Å². The van der Waals surface area contributed by atoms with Crippen LogP contribution in [0.5, 0.6) is 0 Å². The number of halogens is 1.